The Hall–Kier alpha value is -1.90. The van der Waals surface area contributed by atoms with E-state index in [0.29, 0.717) is 0 Å². The van der Waals surface area contributed by atoms with Crippen LogP contribution < -0.4 is 5.43 Å². The first kappa shape index (κ1) is 15.2. The van der Waals surface area contributed by atoms with Crippen LogP contribution in [0.2, 0.25) is 0 Å². The highest BCUT2D eigenvalue weighted by atomic mass is 15.3. The molecule has 1 rings (SSSR count). The van der Waals surface area contributed by atoms with E-state index in [1.165, 1.54) is 11.1 Å². The summed E-state index contributed by atoms with van der Waals surface area (Å²) >= 11 is 0. The standard InChI is InChI=1S/C16H23N3/c1-13(2)7-5-8-14(3)10-12-18-19-16-15(4)9-6-11-17-16/h6-7,9-12H,5,8H2,1-4H3,(H,17,19)/b14-10+,18-12+. The van der Waals surface area contributed by atoms with Gasteiger partial charge >= 0.3 is 0 Å². The maximum Gasteiger partial charge on any atom is 0.149 e. The third kappa shape index (κ3) is 6.55. The van der Waals surface area contributed by atoms with Crippen molar-refractivity contribution in [2.45, 2.75) is 40.5 Å². The molecule has 1 heterocycles. The first-order valence-corrected chi connectivity index (χ1v) is 6.59. The number of aryl methyl sites for hydroxylation is 1. The summed E-state index contributed by atoms with van der Waals surface area (Å²) < 4.78 is 0. The van der Waals surface area contributed by atoms with Gasteiger partial charge in [-0.2, -0.15) is 5.10 Å². The topological polar surface area (TPSA) is 37.3 Å². The molecule has 0 unspecified atom stereocenters. The third-order valence-corrected chi connectivity index (χ3v) is 2.70. The lowest BCUT2D eigenvalue weighted by molar-refractivity contribution is 0.969. The van der Waals surface area contributed by atoms with Crippen LogP contribution in [0.25, 0.3) is 0 Å². The van der Waals surface area contributed by atoms with Gasteiger partial charge in [0.25, 0.3) is 0 Å². The molecule has 19 heavy (non-hydrogen) atoms. The molecule has 0 amide bonds. The minimum atomic E-state index is 0.800. The Morgan fingerprint density at radius 1 is 1.37 bits per heavy atom. The summed E-state index contributed by atoms with van der Waals surface area (Å²) in [6, 6.07) is 3.92. The SMILES string of the molecule is CC(C)=CCC/C(C)=C/C=N/Nc1ncccc1C. The third-order valence-electron chi connectivity index (χ3n) is 2.70. The van der Waals surface area contributed by atoms with Gasteiger partial charge in [0.1, 0.15) is 5.82 Å². The quantitative estimate of drug-likeness (QED) is 0.463. The van der Waals surface area contributed by atoms with Crippen molar-refractivity contribution in [2.24, 2.45) is 5.10 Å². The number of hydrogen-bond donors (Lipinski definition) is 1. The summed E-state index contributed by atoms with van der Waals surface area (Å²) in [7, 11) is 0. The lowest BCUT2D eigenvalue weighted by Crippen LogP contribution is -1.94. The smallest absolute Gasteiger partial charge is 0.149 e. The summed E-state index contributed by atoms with van der Waals surface area (Å²) in [5, 5.41) is 4.16. The molecule has 3 heteroatoms. The predicted molar refractivity (Wildman–Crippen MR) is 83.5 cm³/mol. The summed E-state index contributed by atoms with van der Waals surface area (Å²) in [4.78, 5) is 4.21. The van der Waals surface area contributed by atoms with Crippen LogP contribution in [-0.2, 0) is 0 Å². The number of anilines is 1. The molecule has 0 spiro atoms. The summed E-state index contributed by atoms with van der Waals surface area (Å²) in [6.45, 7) is 8.38. The van der Waals surface area contributed by atoms with Crippen LogP contribution in [0, 0.1) is 6.92 Å². The molecular weight excluding hydrogens is 234 g/mol. The van der Waals surface area contributed by atoms with Crippen molar-refractivity contribution < 1.29 is 0 Å². The average Bonchev–Trinajstić information content (AvgIpc) is 2.36. The number of rotatable bonds is 6. The monoisotopic (exact) mass is 257 g/mol. The summed E-state index contributed by atoms with van der Waals surface area (Å²) in [6.07, 6.45) is 9.98. The molecule has 0 aliphatic carbocycles. The molecule has 0 aliphatic heterocycles. The zero-order chi connectivity index (χ0) is 14.1. The number of aromatic nitrogens is 1. The summed E-state index contributed by atoms with van der Waals surface area (Å²) in [5.74, 6) is 0.800. The fraction of sp³-hybridized carbons (Fsp3) is 0.375. The van der Waals surface area contributed by atoms with Crippen molar-refractivity contribution >= 4 is 12.0 Å². The second kappa shape index (κ2) is 8.25. The molecule has 0 radical (unpaired) electrons. The molecular formula is C16H23N3. The normalized spacial score (nSPS) is 11.7. The van der Waals surface area contributed by atoms with Gasteiger partial charge in [-0.15, -0.1) is 0 Å². The second-order valence-electron chi connectivity index (χ2n) is 4.89. The zero-order valence-corrected chi connectivity index (χ0v) is 12.3. The Morgan fingerprint density at radius 2 is 2.16 bits per heavy atom. The van der Waals surface area contributed by atoms with Crippen molar-refractivity contribution in [3.8, 4) is 0 Å². The average molecular weight is 257 g/mol. The molecule has 0 aromatic carbocycles. The maximum atomic E-state index is 4.21. The maximum absolute atomic E-state index is 4.21. The first-order valence-electron chi connectivity index (χ1n) is 6.59. The molecule has 0 fully saturated rings. The minimum Gasteiger partial charge on any atom is -0.261 e. The molecule has 1 N–H and O–H groups in total. The molecule has 0 aliphatic rings. The van der Waals surface area contributed by atoms with E-state index < -0.39 is 0 Å². The van der Waals surface area contributed by atoms with Crippen molar-refractivity contribution in [3.63, 3.8) is 0 Å². The van der Waals surface area contributed by atoms with Crippen molar-refractivity contribution in [2.75, 3.05) is 5.43 Å². The van der Waals surface area contributed by atoms with E-state index in [1.807, 2.05) is 25.1 Å². The van der Waals surface area contributed by atoms with Gasteiger partial charge in [-0.05, 0) is 58.2 Å². The van der Waals surface area contributed by atoms with Crippen LogP contribution >= 0.6 is 0 Å². The Kier molecular flexibility index (Phi) is 6.58. The Balaban J connectivity index is 2.41. The fourth-order valence-corrected chi connectivity index (χ4v) is 1.54. The van der Waals surface area contributed by atoms with Crippen LogP contribution in [0.1, 0.15) is 39.2 Å². The van der Waals surface area contributed by atoms with Gasteiger partial charge in [0.05, 0.1) is 0 Å². The lowest BCUT2D eigenvalue weighted by atomic mass is 10.1. The molecule has 102 valence electrons. The van der Waals surface area contributed by atoms with Gasteiger partial charge in [-0.25, -0.2) is 4.98 Å². The van der Waals surface area contributed by atoms with Crippen LogP contribution in [0.4, 0.5) is 5.82 Å². The Morgan fingerprint density at radius 3 is 2.84 bits per heavy atom. The number of nitrogens with zero attached hydrogens (tertiary/aromatic N) is 2. The van der Waals surface area contributed by atoms with Gasteiger partial charge in [0, 0.05) is 12.4 Å². The molecule has 1 aromatic rings. The van der Waals surface area contributed by atoms with E-state index in [-0.39, 0.29) is 0 Å². The van der Waals surface area contributed by atoms with Gasteiger partial charge in [-0.3, -0.25) is 5.43 Å². The van der Waals surface area contributed by atoms with E-state index in [0.717, 1.165) is 24.2 Å². The Labute approximate surface area is 116 Å². The van der Waals surface area contributed by atoms with E-state index >= 15 is 0 Å². The highest BCUT2D eigenvalue weighted by Crippen LogP contribution is 2.09. The Bertz CT molecular complexity index is 481. The van der Waals surface area contributed by atoms with Gasteiger partial charge in [0.2, 0.25) is 0 Å². The van der Waals surface area contributed by atoms with Crippen molar-refractivity contribution in [1.82, 2.24) is 4.98 Å². The number of hydrazone groups is 1. The van der Waals surface area contributed by atoms with Crippen LogP contribution in [0.3, 0.4) is 0 Å². The largest absolute Gasteiger partial charge is 0.261 e. The molecule has 1 aromatic heterocycles. The van der Waals surface area contributed by atoms with E-state index in [2.05, 4.69) is 42.4 Å². The number of pyridine rings is 1. The molecule has 3 nitrogen and oxygen atoms in total. The van der Waals surface area contributed by atoms with Gasteiger partial charge < -0.3 is 0 Å². The molecule has 0 bridgehead atoms. The van der Waals surface area contributed by atoms with Gasteiger partial charge in [0.15, 0.2) is 0 Å². The van der Waals surface area contributed by atoms with Crippen molar-refractivity contribution in [3.05, 3.63) is 47.2 Å². The van der Waals surface area contributed by atoms with Crippen molar-refractivity contribution in [1.29, 1.82) is 0 Å². The zero-order valence-electron chi connectivity index (χ0n) is 12.3. The second-order valence-corrected chi connectivity index (χ2v) is 4.89. The van der Waals surface area contributed by atoms with Crippen LogP contribution in [0.5, 0.6) is 0 Å². The molecule has 0 saturated heterocycles. The van der Waals surface area contributed by atoms with E-state index in [4.69, 9.17) is 0 Å². The summed E-state index contributed by atoms with van der Waals surface area (Å²) in [5.41, 5.74) is 6.72. The molecule has 0 atom stereocenters. The highest BCUT2D eigenvalue weighted by molar-refractivity contribution is 5.72. The first-order chi connectivity index (χ1) is 9.09. The number of nitrogens with one attached hydrogen (secondary N) is 1. The lowest BCUT2D eigenvalue weighted by Gasteiger charge is -2.01. The predicted octanol–water partition coefficient (Wildman–Crippen LogP) is 4.48. The number of allylic oxidation sites excluding steroid dienone is 4. The van der Waals surface area contributed by atoms with E-state index in [9.17, 15) is 0 Å². The minimum absolute atomic E-state index is 0.800. The van der Waals surface area contributed by atoms with E-state index in [1.54, 1.807) is 12.4 Å². The van der Waals surface area contributed by atoms with Crippen LogP contribution in [0.15, 0.2) is 46.7 Å². The van der Waals surface area contributed by atoms with Gasteiger partial charge in [-0.1, -0.05) is 23.3 Å². The van der Waals surface area contributed by atoms with Crippen LogP contribution in [-0.4, -0.2) is 11.2 Å². The number of hydrogen-bond acceptors (Lipinski definition) is 3. The fourth-order valence-electron chi connectivity index (χ4n) is 1.54. The highest BCUT2D eigenvalue weighted by Gasteiger charge is 1.93. The molecule has 0 saturated carbocycles.